The molecule has 0 fully saturated rings. The summed E-state index contributed by atoms with van der Waals surface area (Å²) in [5.74, 6) is 0.0494. The van der Waals surface area contributed by atoms with Gasteiger partial charge in [-0.05, 0) is 53.6 Å². The van der Waals surface area contributed by atoms with Crippen LogP contribution in [0, 0.1) is 5.82 Å². The van der Waals surface area contributed by atoms with Gasteiger partial charge in [0.05, 0.1) is 25.7 Å². The number of hydrogen-bond donors (Lipinski definition) is 1. The third-order valence-corrected chi connectivity index (χ3v) is 7.71. The summed E-state index contributed by atoms with van der Waals surface area (Å²) in [6.45, 7) is 0. The molecule has 1 atom stereocenters. The second kappa shape index (κ2) is 9.74. The first kappa shape index (κ1) is 24.6. The highest BCUT2D eigenvalue weighted by molar-refractivity contribution is 7.91. The third-order valence-electron chi connectivity index (χ3n) is 6.45. The first-order valence-corrected chi connectivity index (χ1v) is 13.2. The monoisotopic (exact) mass is 520 g/mol. The Labute approximate surface area is 214 Å². The van der Waals surface area contributed by atoms with Crippen LogP contribution in [0.3, 0.4) is 0 Å². The van der Waals surface area contributed by atoms with Crippen molar-refractivity contribution in [2.24, 2.45) is 0 Å². The molecule has 3 aromatic carbocycles. The number of Topliss-reactive ketones (excluding diaryl/α,β-unsaturated/α-hetero) is 1. The Morgan fingerprint density at radius 1 is 0.973 bits per heavy atom. The Morgan fingerprint density at radius 2 is 1.65 bits per heavy atom. The van der Waals surface area contributed by atoms with E-state index >= 15 is 0 Å². The summed E-state index contributed by atoms with van der Waals surface area (Å²) in [6.07, 6.45) is 2.14. The highest BCUT2D eigenvalue weighted by atomic mass is 32.2. The Morgan fingerprint density at radius 3 is 2.32 bits per heavy atom. The number of halogens is 1. The molecule has 0 radical (unpaired) electrons. The van der Waals surface area contributed by atoms with E-state index in [2.05, 4.69) is 4.72 Å². The zero-order valence-electron chi connectivity index (χ0n) is 20.3. The quantitative estimate of drug-likeness (QED) is 0.358. The molecule has 0 saturated heterocycles. The fourth-order valence-corrected chi connectivity index (χ4v) is 5.87. The molecule has 4 aromatic rings. The number of carbonyl (C=O) groups excluding carboxylic acids is 1. The van der Waals surface area contributed by atoms with E-state index in [1.54, 1.807) is 31.4 Å². The van der Waals surface area contributed by atoms with E-state index in [0.29, 0.717) is 28.3 Å². The smallest absolute Gasteiger partial charge is 0.236 e. The molecule has 0 unspecified atom stereocenters. The van der Waals surface area contributed by atoms with Gasteiger partial charge in [0.15, 0.2) is 17.3 Å². The average Bonchev–Trinajstić information content (AvgIpc) is 3.33. The molecule has 0 saturated carbocycles. The summed E-state index contributed by atoms with van der Waals surface area (Å²) in [6, 6.07) is 19.8. The topological polar surface area (TPSA) is 86.6 Å². The van der Waals surface area contributed by atoms with Crippen LogP contribution >= 0.6 is 0 Å². The molecule has 2 heterocycles. The Hall–Kier alpha value is -4.11. The Balaban J connectivity index is 1.42. The molecule has 7 nitrogen and oxygen atoms in total. The minimum Gasteiger partial charge on any atom is -0.493 e. The zero-order chi connectivity index (χ0) is 26.2. The van der Waals surface area contributed by atoms with E-state index in [1.807, 2.05) is 35.0 Å². The van der Waals surface area contributed by atoms with Gasteiger partial charge < -0.3 is 14.0 Å². The number of methoxy groups -OCH3 is 2. The number of rotatable bonds is 7. The summed E-state index contributed by atoms with van der Waals surface area (Å²) in [7, 11) is -0.611. The standard InChI is InChI=1S/C28H25FN2O5S/c1-35-27-15-23-25(16-28(27)36-2)31-13-3-4-24(31)22(14-26(23)32)19-7-11-21(12-8-19)30-37(33,34)17-18-5-9-20(29)10-6-18/h3-13,15-16,22,30H,14,17H2,1-2H3/t22-/m1/s1. The van der Waals surface area contributed by atoms with Crippen LogP contribution in [0.1, 0.15) is 39.5 Å². The van der Waals surface area contributed by atoms with Crippen LogP contribution in [-0.4, -0.2) is 33.0 Å². The summed E-state index contributed by atoms with van der Waals surface area (Å²) in [5, 5.41) is 0. The molecule has 0 bridgehead atoms. The van der Waals surface area contributed by atoms with Crippen LogP contribution in [0.4, 0.5) is 10.1 Å². The van der Waals surface area contributed by atoms with Crippen LogP contribution in [0.2, 0.25) is 0 Å². The number of carbonyl (C=O) groups is 1. The van der Waals surface area contributed by atoms with Crippen LogP contribution in [-0.2, 0) is 15.8 Å². The Kier molecular flexibility index (Phi) is 6.47. The maximum atomic E-state index is 13.3. The fraction of sp³-hybridized carbons (Fsp3) is 0.179. The lowest BCUT2D eigenvalue weighted by Crippen LogP contribution is -2.15. The van der Waals surface area contributed by atoms with Crippen LogP contribution < -0.4 is 14.2 Å². The second-order valence-corrected chi connectivity index (χ2v) is 10.5. The van der Waals surface area contributed by atoms with Crippen molar-refractivity contribution in [2.45, 2.75) is 18.1 Å². The predicted molar refractivity (Wildman–Crippen MR) is 139 cm³/mol. The van der Waals surface area contributed by atoms with Gasteiger partial charge in [0, 0.05) is 41.5 Å². The molecule has 1 aromatic heterocycles. The van der Waals surface area contributed by atoms with Gasteiger partial charge in [0.2, 0.25) is 10.0 Å². The molecule has 1 aliphatic heterocycles. The first-order valence-electron chi connectivity index (χ1n) is 11.6. The largest absolute Gasteiger partial charge is 0.493 e. The molecule has 0 spiro atoms. The zero-order valence-corrected chi connectivity index (χ0v) is 21.1. The van der Waals surface area contributed by atoms with E-state index < -0.39 is 15.8 Å². The van der Waals surface area contributed by atoms with Gasteiger partial charge in [-0.25, -0.2) is 12.8 Å². The van der Waals surface area contributed by atoms with E-state index in [0.717, 1.165) is 16.9 Å². The lowest BCUT2D eigenvalue weighted by Gasteiger charge is -2.17. The van der Waals surface area contributed by atoms with Crippen LogP contribution in [0.25, 0.3) is 5.69 Å². The molecule has 1 aliphatic rings. The van der Waals surface area contributed by atoms with Crippen molar-refractivity contribution in [1.82, 2.24) is 4.57 Å². The molecular formula is C28H25FN2O5S. The number of sulfonamides is 1. The number of anilines is 1. The second-order valence-electron chi connectivity index (χ2n) is 8.82. The lowest BCUT2D eigenvalue weighted by molar-refractivity contribution is 0.0979. The highest BCUT2D eigenvalue weighted by Gasteiger charge is 2.29. The number of ketones is 1. The third kappa shape index (κ3) is 4.95. The lowest BCUT2D eigenvalue weighted by atomic mass is 9.90. The minimum atomic E-state index is -3.70. The molecule has 190 valence electrons. The van der Waals surface area contributed by atoms with Crippen LogP contribution in [0.15, 0.2) is 79.0 Å². The normalized spacial score (nSPS) is 14.9. The number of nitrogens with one attached hydrogen (secondary N) is 1. The van der Waals surface area contributed by atoms with Crippen molar-refractivity contribution < 1.29 is 27.1 Å². The van der Waals surface area contributed by atoms with E-state index in [9.17, 15) is 17.6 Å². The van der Waals surface area contributed by atoms with Gasteiger partial charge in [0.25, 0.3) is 0 Å². The van der Waals surface area contributed by atoms with E-state index in [4.69, 9.17) is 9.47 Å². The highest BCUT2D eigenvalue weighted by Crippen LogP contribution is 2.40. The number of fused-ring (bicyclic) bond motifs is 3. The number of aromatic nitrogens is 1. The van der Waals surface area contributed by atoms with Crippen molar-refractivity contribution >= 4 is 21.5 Å². The van der Waals surface area contributed by atoms with Crippen molar-refractivity contribution in [1.29, 1.82) is 0 Å². The molecule has 37 heavy (non-hydrogen) atoms. The maximum absolute atomic E-state index is 13.3. The minimum absolute atomic E-state index is 0.0336. The molecule has 0 aliphatic carbocycles. The molecule has 0 amide bonds. The Bertz CT molecular complexity index is 1560. The molecule has 9 heteroatoms. The van der Waals surface area contributed by atoms with Gasteiger partial charge in [0.1, 0.15) is 5.82 Å². The van der Waals surface area contributed by atoms with Gasteiger partial charge in [-0.2, -0.15) is 0 Å². The maximum Gasteiger partial charge on any atom is 0.236 e. The van der Waals surface area contributed by atoms with Crippen molar-refractivity contribution in [3.63, 3.8) is 0 Å². The van der Waals surface area contributed by atoms with Gasteiger partial charge >= 0.3 is 0 Å². The number of benzene rings is 3. The average molecular weight is 521 g/mol. The summed E-state index contributed by atoms with van der Waals surface area (Å²) >= 11 is 0. The van der Waals surface area contributed by atoms with Gasteiger partial charge in [-0.3, -0.25) is 9.52 Å². The summed E-state index contributed by atoms with van der Waals surface area (Å²) < 4.78 is 53.8. The van der Waals surface area contributed by atoms with Crippen LogP contribution in [0.5, 0.6) is 11.5 Å². The van der Waals surface area contributed by atoms with Crippen molar-refractivity contribution in [2.75, 3.05) is 18.9 Å². The first-order chi connectivity index (χ1) is 17.8. The van der Waals surface area contributed by atoms with Crippen molar-refractivity contribution in [3.05, 3.63) is 107 Å². The predicted octanol–water partition coefficient (Wildman–Crippen LogP) is 5.29. The number of nitrogens with zero attached hydrogens (tertiary/aromatic N) is 1. The SMILES string of the molecule is COc1cc2c(cc1OC)-n1cccc1[C@@H](c1ccc(NS(=O)(=O)Cc3ccc(F)cc3)cc1)CC2=O. The number of hydrogen-bond acceptors (Lipinski definition) is 5. The molecule has 5 rings (SSSR count). The fourth-order valence-electron chi connectivity index (χ4n) is 4.68. The molecular weight excluding hydrogens is 495 g/mol. The van der Waals surface area contributed by atoms with E-state index in [-0.39, 0.29) is 23.9 Å². The van der Waals surface area contributed by atoms with Gasteiger partial charge in [-0.15, -0.1) is 0 Å². The van der Waals surface area contributed by atoms with E-state index in [1.165, 1.54) is 31.4 Å². The van der Waals surface area contributed by atoms with Crippen molar-refractivity contribution in [3.8, 4) is 17.2 Å². The number of ether oxygens (including phenoxy) is 2. The summed E-state index contributed by atoms with van der Waals surface area (Å²) in [5.41, 5.74) is 3.96. The van der Waals surface area contributed by atoms with Gasteiger partial charge in [-0.1, -0.05) is 24.3 Å². The summed E-state index contributed by atoms with van der Waals surface area (Å²) in [4.78, 5) is 13.3. The molecule has 1 N–H and O–H groups in total.